The lowest BCUT2D eigenvalue weighted by Gasteiger charge is -2.07. The Morgan fingerprint density at radius 1 is 0.486 bits per heavy atom. The maximum absolute atomic E-state index is 10.6. The van der Waals surface area contributed by atoms with Gasteiger partial charge in [0.05, 0.1) is 0 Å². The fraction of sp³-hybridized carbons (Fsp3) is 1.00. The Morgan fingerprint density at radius 3 is 1.26 bits per heavy atom. The molecule has 35 heavy (non-hydrogen) atoms. The maximum Gasteiger partial charge on any atom is 0.213 e. The fourth-order valence-corrected chi connectivity index (χ4v) is 3.60. The lowest BCUT2D eigenvalue weighted by atomic mass is 10.0. The summed E-state index contributed by atoms with van der Waals surface area (Å²) in [5, 5.41) is 30.8. The summed E-state index contributed by atoms with van der Waals surface area (Å²) in [7, 11) is 0. The molecule has 9 heteroatoms. The Balaban J connectivity index is -0.000000450. The van der Waals surface area contributed by atoms with Crippen LogP contribution in [0.2, 0.25) is 0 Å². The zero-order valence-electron chi connectivity index (χ0n) is 23.4. The normalized spacial score (nSPS) is 11.9. The van der Waals surface area contributed by atoms with Crippen molar-refractivity contribution >= 4 is 0 Å². The molecule has 0 amide bonds. The van der Waals surface area contributed by atoms with E-state index in [1.54, 1.807) is 0 Å². The molecular formula is C26H55N3O6. The first kappa shape index (κ1) is 37.7. The second kappa shape index (κ2) is 30.2. The minimum Gasteiger partial charge on any atom is -0.265 e. The van der Waals surface area contributed by atoms with Gasteiger partial charge in [-0.2, -0.15) is 0 Å². The lowest BCUT2D eigenvalue weighted by Crippen LogP contribution is -2.18. The minimum absolute atomic E-state index is 0.108. The first-order valence-electron chi connectivity index (χ1n) is 14.1. The molecule has 0 aliphatic heterocycles. The van der Waals surface area contributed by atoms with Gasteiger partial charge in [0.15, 0.2) is 0 Å². The highest BCUT2D eigenvalue weighted by Crippen LogP contribution is 2.12. The molecule has 0 aromatic rings. The van der Waals surface area contributed by atoms with Crippen LogP contribution in [0.3, 0.4) is 0 Å². The van der Waals surface area contributed by atoms with Gasteiger partial charge in [0.1, 0.15) is 0 Å². The number of nitrogens with zero attached hydrogens (tertiary/aromatic N) is 3. The summed E-state index contributed by atoms with van der Waals surface area (Å²) < 4.78 is 0. The highest BCUT2D eigenvalue weighted by atomic mass is 16.6. The van der Waals surface area contributed by atoms with Gasteiger partial charge in [0, 0.05) is 46.9 Å². The Labute approximate surface area is 214 Å². The van der Waals surface area contributed by atoms with Crippen LogP contribution in [0.4, 0.5) is 0 Å². The molecule has 0 spiro atoms. The van der Waals surface area contributed by atoms with Gasteiger partial charge in [-0.1, -0.05) is 92.4 Å². The van der Waals surface area contributed by atoms with Crippen LogP contribution in [-0.2, 0) is 0 Å². The molecule has 0 bridgehead atoms. The summed E-state index contributed by atoms with van der Waals surface area (Å²) in [6, 6.07) is -0.594. The van der Waals surface area contributed by atoms with Crippen molar-refractivity contribution in [2.24, 2.45) is 0 Å². The van der Waals surface area contributed by atoms with Crippen LogP contribution in [-0.4, -0.2) is 33.4 Å². The highest BCUT2D eigenvalue weighted by Gasteiger charge is 2.17. The van der Waals surface area contributed by atoms with E-state index in [1.165, 1.54) is 32.1 Å². The number of hydrogen-bond acceptors (Lipinski definition) is 6. The second-order valence-electron chi connectivity index (χ2n) is 9.24. The summed E-state index contributed by atoms with van der Waals surface area (Å²) in [5.41, 5.74) is 0. The fourth-order valence-electron chi connectivity index (χ4n) is 3.60. The van der Waals surface area contributed by atoms with E-state index in [0.29, 0.717) is 6.42 Å². The van der Waals surface area contributed by atoms with Crippen LogP contribution < -0.4 is 0 Å². The molecule has 0 saturated heterocycles. The highest BCUT2D eigenvalue weighted by molar-refractivity contribution is 4.57. The van der Waals surface area contributed by atoms with Gasteiger partial charge in [0.2, 0.25) is 18.6 Å². The van der Waals surface area contributed by atoms with Gasteiger partial charge in [-0.25, -0.2) is 0 Å². The quantitative estimate of drug-likeness (QED) is 0.0871. The second-order valence-corrected chi connectivity index (χ2v) is 9.24. The molecule has 0 aliphatic carbocycles. The third kappa shape index (κ3) is 32.2. The summed E-state index contributed by atoms with van der Waals surface area (Å²) >= 11 is 0. The zero-order chi connectivity index (χ0) is 27.3. The van der Waals surface area contributed by atoms with Gasteiger partial charge in [-0.3, -0.25) is 30.3 Å². The van der Waals surface area contributed by atoms with Crippen LogP contribution in [0.15, 0.2) is 0 Å². The van der Waals surface area contributed by atoms with E-state index >= 15 is 0 Å². The van der Waals surface area contributed by atoms with Gasteiger partial charge in [0.25, 0.3) is 0 Å². The molecule has 2 unspecified atom stereocenters. The lowest BCUT2D eigenvalue weighted by molar-refractivity contribution is -0.524. The van der Waals surface area contributed by atoms with Gasteiger partial charge >= 0.3 is 0 Å². The maximum atomic E-state index is 10.6. The molecule has 0 N–H and O–H groups in total. The first-order chi connectivity index (χ1) is 16.7. The van der Waals surface area contributed by atoms with Crippen LogP contribution in [0, 0.1) is 30.3 Å². The van der Waals surface area contributed by atoms with Gasteiger partial charge < -0.3 is 0 Å². The van der Waals surface area contributed by atoms with Gasteiger partial charge in [-0.15, -0.1) is 0 Å². The van der Waals surface area contributed by atoms with Crippen LogP contribution in [0.25, 0.3) is 0 Å². The summed E-state index contributed by atoms with van der Waals surface area (Å²) in [4.78, 5) is 30.3. The van der Waals surface area contributed by atoms with E-state index in [1.807, 2.05) is 13.8 Å². The minimum atomic E-state index is -0.304. The van der Waals surface area contributed by atoms with E-state index in [2.05, 4.69) is 20.8 Å². The summed E-state index contributed by atoms with van der Waals surface area (Å²) in [6.45, 7) is 10.4. The Kier molecular flexibility index (Phi) is 32.6. The van der Waals surface area contributed by atoms with Crippen molar-refractivity contribution in [2.45, 2.75) is 162 Å². The Bertz CT molecular complexity index is 492. The molecule has 0 fully saturated rings. The molecule has 2 atom stereocenters. The molecule has 210 valence electrons. The van der Waals surface area contributed by atoms with E-state index in [4.69, 9.17) is 0 Å². The Hall–Kier alpha value is -1.80. The number of unbranched alkanes of at least 4 members (excludes halogenated alkanes) is 10. The van der Waals surface area contributed by atoms with Gasteiger partial charge in [-0.05, 0) is 25.7 Å². The third-order valence-corrected chi connectivity index (χ3v) is 5.92. The SMILES string of the molecule is CCCCCCC(CC)[N+](=O)[O-].CCCCCCCC(CCC)[N+](=O)[O-].CCCCCC[N+](=O)[O-]. The van der Waals surface area contributed by atoms with Crippen LogP contribution >= 0.6 is 0 Å². The standard InChI is InChI=1S/C11H23NO2.C9H19NO2.C6H13NO2/c1-3-5-6-7-8-10-11(9-4-2)12(13)14;1-3-5-6-7-8-9(4-2)10(11)12;1-2-3-4-5-6-7(8)9/h11H,3-10H2,1-2H3;9H,3-8H2,1-2H3;2-6H2,1H3. The van der Waals surface area contributed by atoms with Crippen molar-refractivity contribution < 1.29 is 14.8 Å². The number of rotatable bonds is 21. The molecule has 9 nitrogen and oxygen atoms in total. The zero-order valence-corrected chi connectivity index (χ0v) is 23.4. The molecule has 0 saturated carbocycles. The molecule has 0 aromatic heterocycles. The molecule has 0 radical (unpaired) electrons. The third-order valence-electron chi connectivity index (χ3n) is 5.92. The average Bonchev–Trinajstić information content (AvgIpc) is 2.81. The van der Waals surface area contributed by atoms with Crippen molar-refractivity contribution in [2.75, 3.05) is 6.54 Å². The molecule has 0 heterocycles. The topological polar surface area (TPSA) is 129 Å². The van der Waals surface area contributed by atoms with E-state index in [-0.39, 0.29) is 33.4 Å². The molecular weight excluding hydrogens is 450 g/mol. The van der Waals surface area contributed by atoms with E-state index in [9.17, 15) is 30.3 Å². The van der Waals surface area contributed by atoms with E-state index < -0.39 is 0 Å². The predicted octanol–water partition coefficient (Wildman–Crippen LogP) is 8.65. The largest absolute Gasteiger partial charge is 0.265 e. The predicted molar refractivity (Wildman–Crippen MR) is 145 cm³/mol. The molecule has 0 aromatic carbocycles. The van der Waals surface area contributed by atoms with E-state index in [0.717, 1.165) is 77.0 Å². The smallest absolute Gasteiger partial charge is 0.213 e. The number of nitro groups is 3. The van der Waals surface area contributed by atoms with Crippen molar-refractivity contribution in [1.82, 2.24) is 0 Å². The molecule has 0 rings (SSSR count). The van der Waals surface area contributed by atoms with Crippen LogP contribution in [0.5, 0.6) is 0 Å². The summed E-state index contributed by atoms with van der Waals surface area (Å²) in [6.07, 6.45) is 18.3. The monoisotopic (exact) mass is 505 g/mol. The average molecular weight is 506 g/mol. The Morgan fingerprint density at radius 2 is 0.886 bits per heavy atom. The van der Waals surface area contributed by atoms with Crippen molar-refractivity contribution in [1.29, 1.82) is 0 Å². The summed E-state index contributed by atoms with van der Waals surface area (Å²) in [5.74, 6) is 0. The number of hydrogen-bond donors (Lipinski definition) is 0. The van der Waals surface area contributed by atoms with Crippen molar-refractivity contribution in [3.8, 4) is 0 Å². The van der Waals surface area contributed by atoms with Crippen LogP contribution in [0.1, 0.15) is 150 Å². The first-order valence-corrected chi connectivity index (χ1v) is 14.1. The van der Waals surface area contributed by atoms with Crippen molar-refractivity contribution in [3.05, 3.63) is 30.3 Å². The van der Waals surface area contributed by atoms with Crippen molar-refractivity contribution in [3.63, 3.8) is 0 Å². The molecule has 0 aliphatic rings.